The number of nitrogens with zero attached hydrogens (tertiary/aromatic N) is 1. The first-order chi connectivity index (χ1) is 6.06. The molecule has 1 saturated heterocycles. The van der Waals surface area contributed by atoms with Crippen LogP contribution in [0.1, 0.15) is 27.2 Å². The predicted molar refractivity (Wildman–Crippen MR) is 51.4 cm³/mol. The van der Waals surface area contributed by atoms with E-state index in [1.165, 1.54) is 7.11 Å². The lowest BCUT2D eigenvalue weighted by molar-refractivity contribution is -0.146. The molecule has 3 heteroatoms. The number of hydrogen-bond acceptors (Lipinski definition) is 3. The van der Waals surface area contributed by atoms with E-state index in [2.05, 4.69) is 25.7 Å². The highest BCUT2D eigenvalue weighted by Crippen LogP contribution is 2.25. The van der Waals surface area contributed by atoms with E-state index in [1.807, 2.05) is 0 Å². The molecular weight excluding hydrogens is 166 g/mol. The van der Waals surface area contributed by atoms with E-state index in [0.29, 0.717) is 12.0 Å². The molecule has 0 aliphatic carbocycles. The van der Waals surface area contributed by atoms with Crippen LogP contribution in [0.15, 0.2) is 0 Å². The molecule has 0 N–H and O–H groups in total. The second-order valence-electron chi connectivity index (χ2n) is 4.17. The fourth-order valence-corrected chi connectivity index (χ4v) is 2.02. The molecule has 0 aromatic carbocycles. The van der Waals surface area contributed by atoms with Gasteiger partial charge in [0.1, 0.15) is 6.04 Å². The van der Waals surface area contributed by atoms with Crippen LogP contribution in [0.5, 0.6) is 0 Å². The number of methoxy groups -OCH3 is 1. The molecule has 0 radical (unpaired) electrons. The van der Waals surface area contributed by atoms with Gasteiger partial charge < -0.3 is 4.74 Å². The molecule has 2 atom stereocenters. The normalized spacial score (nSPS) is 29.6. The number of ether oxygens (including phenoxy) is 1. The third kappa shape index (κ3) is 2.21. The van der Waals surface area contributed by atoms with Crippen LogP contribution < -0.4 is 0 Å². The molecule has 13 heavy (non-hydrogen) atoms. The van der Waals surface area contributed by atoms with Crippen molar-refractivity contribution in [2.45, 2.75) is 39.3 Å². The summed E-state index contributed by atoms with van der Waals surface area (Å²) in [6, 6.07) is 0.411. The van der Waals surface area contributed by atoms with Crippen LogP contribution in [0.3, 0.4) is 0 Å². The molecule has 0 bridgehead atoms. The summed E-state index contributed by atoms with van der Waals surface area (Å²) >= 11 is 0. The molecule has 76 valence electrons. The van der Waals surface area contributed by atoms with Gasteiger partial charge in [-0.05, 0) is 26.2 Å². The van der Waals surface area contributed by atoms with E-state index in [9.17, 15) is 4.79 Å². The van der Waals surface area contributed by atoms with E-state index in [-0.39, 0.29) is 12.0 Å². The van der Waals surface area contributed by atoms with Crippen LogP contribution in [0.25, 0.3) is 0 Å². The van der Waals surface area contributed by atoms with Crippen molar-refractivity contribution >= 4 is 5.97 Å². The zero-order valence-corrected chi connectivity index (χ0v) is 8.91. The summed E-state index contributed by atoms with van der Waals surface area (Å²) in [6.07, 6.45) is 0.935. The monoisotopic (exact) mass is 185 g/mol. The molecule has 0 saturated carbocycles. The molecule has 0 aromatic rings. The number of rotatable bonds is 2. The highest BCUT2D eigenvalue weighted by molar-refractivity contribution is 5.76. The molecule has 1 heterocycles. The maximum absolute atomic E-state index is 11.4. The zero-order valence-electron chi connectivity index (χ0n) is 8.91. The average molecular weight is 185 g/mol. The summed E-state index contributed by atoms with van der Waals surface area (Å²) in [5.74, 6) is 0.518. The second-order valence-corrected chi connectivity index (χ2v) is 4.17. The van der Waals surface area contributed by atoms with Crippen LogP contribution in [0.2, 0.25) is 0 Å². The summed E-state index contributed by atoms with van der Waals surface area (Å²) < 4.78 is 4.78. The lowest BCUT2D eigenvalue weighted by Crippen LogP contribution is -2.41. The number of likely N-dealkylation sites (tertiary alicyclic amines) is 1. The highest BCUT2D eigenvalue weighted by atomic mass is 16.5. The predicted octanol–water partition coefficient (Wildman–Crippen LogP) is 1.28. The van der Waals surface area contributed by atoms with Gasteiger partial charge in [-0.15, -0.1) is 0 Å². The quantitative estimate of drug-likeness (QED) is 0.607. The van der Waals surface area contributed by atoms with Crippen molar-refractivity contribution in [1.82, 2.24) is 4.90 Å². The van der Waals surface area contributed by atoms with Gasteiger partial charge in [0.15, 0.2) is 0 Å². The minimum atomic E-state index is -0.0851. The molecule has 0 unspecified atom stereocenters. The largest absolute Gasteiger partial charge is 0.468 e. The summed E-state index contributed by atoms with van der Waals surface area (Å²) in [6.45, 7) is 7.43. The fourth-order valence-electron chi connectivity index (χ4n) is 2.02. The molecule has 3 nitrogen and oxygen atoms in total. The third-order valence-electron chi connectivity index (χ3n) is 2.69. The van der Waals surface area contributed by atoms with Crippen LogP contribution in [-0.2, 0) is 9.53 Å². The maximum atomic E-state index is 11.4. The first kappa shape index (κ1) is 10.5. The van der Waals surface area contributed by atoms with Gasteiger partial charge in [0, 0.05) is 12.6 Å². The first-order valence-corrected chi connectivity index (χ1v) is 4.89. The number of carbonyl (C=O) groups is 1. The van der Waals surface area contributed by atoms with E-state index in [4.69, 9.17) is 4.74 Å². The maximum Gasteiger partial charge on any atom is 0.323 e. The lowest BCUT2D eigenvalue weighted by atomic mass is 10.1. The van der Waals surface area contributed by atoms with E-state index in [0.717, 1.165) is 13.0 Å². The minimum absolute atomic E-state index is 0.0139. The Labute approximate surface area is 80.1 Å². The Kier molecular flexibility index (Phi) is 3.31. The molecule has 0 spiro atoms. The van der Waals surface area contributed by atoms with Gasteiger partial charge in [0.2, 0.25) is 0 Å². The molecule has 0 aromatic heterocycles. The van der Waals surface area contributed by atoms with E-state index in [1.54, 1.807) is 0 Å². The fraction of sp³-hybridized carbons (Fsp3) is 0.900. The van der Waals surface area contributed by atoms with Crippen molar-refractivity contribution in [1.29, 1.82) is 0 Å². The summed E-state index contributed by atoms with van der Waals surface area (Å²) in [7, 11) is 1.46. The molecule has 0 amide bonds. The van der Waals surface area contributed by atoms with Crippen LogP contribution in [-0.4, -0.2) is 36.6 Å². The van der Waals surface area contributed by atoms with Gasteiger partial charge in [-0.3, -0.25) is 9.69 Å². The smallest absolute Gasteiger partial charge is 0.323 e. The Bertz CT molecular complexity index is 191. The van der Waals surface area contributed by atoms with Gasteiger partial charge in [-0.2, -0.15) is 0 Å². The summed E-state index contributed by atoms with van der Waals surface area (Å²) in [5, 5.41) is 0. The summed E-state index contributed by atoms with van der Waals surface area (Å²) in [5.41, 5.74) is 0. The SMILES string of the molecule is COC(=O)[C@@H]1C[C@H](C)CN1C(C)C. The van der Waals surface area contributed by atoms with Crippen molar-refractivity contribution in [3.63, 3.8) is 0 Å². The van der Waals surface area contributed by atoms with E-state index < -0.39 is 0 Å². The molecule has 1 rings (SSSR count). The van der Waals surface area contributed by atoms with Crippen molar-refractivity contribution in [2.75, 3.05) is 13.7 Å². The van der Waals surface area contributed by atoms with Gasteiger partial charge in [-0.25, -0.2) is 0 Å². The van der Waals surface area contributed by atoms with Crippen molar-refractivity contribution < 1.29 is 9.53 Å². The Morgan fingerprint density at radius 2 is 2.15 bits per heavy atom. The Morgan fingerprint density at radius 1 is 1.54 bits per heavy atom. The summed E-state index contributed by atoms with van der Waals surface area (Å²) in [4.78, 5) is 13.6. The van der Waals surface area contributed by atoms with Crippen molar-refractivity contribution in [3.05, 3.63) is 0 Å². The van der Waals surface area contributed by atoms with Crippen LogP contribution in [0.4, 0.5) is 0 Å². The topological polar surface area (TPSA) is 29.5 Å². The second kappa shape index (κ2) is 4.09. The molecular formula is C10H19NO2. The number of esters is 1. The molecule has 1 aliphatic heterocycles. The Balaban J connectivity index is 2.66. The van der Waals surface area contributed by atoms with Gasteiger partial charge in [0.25, 0.3) is 0 Å². The van der Waals surface area contributed by atoms with E-state index >= 15 is 0 Å². The standard InChI is InChI=1S/C10H19NO2/c1-7(2)11-6-8(3)5-9(11)10(12)13-4/h7-9H,5-6H2,1-4H3/t8-,9-/m0/s1. The number of carbonyl (C=O) groups excluding carboxylic acids is 1. The first-order valence-electron chi connectivity index (χ1n) is 4.89. The minimum Gasteiger partial charge on any atom is -0.468 e. The number of hydrogen-bond donors (Lipinski definition) is 0. The molecule has 1 fully saturated rings. The zero-order chi connectivity index (χ0) is 10.0. The van der Waals surface area contributed by atoms with Gasteiger partial charge in [0.05, 0.1) is 7.11 Å². The average Bonchev–Trinajstić information content (AvgIpc) is 2.46. The Hall–Kier alpha value is -0.570. The van der Waals surface area contributed by atoms with Gasteiger partial charge >= 0.3 is 5.97 Å². The third-order valence-corrected chi connectivity index (χ3v) is 2.69. The van der Waals surface area contributed by atoms with Crippen LogP contribution in [0, 0.1) is 5.92 Å². The van der Waals surface area contributed by atoms with Crippen molar-refractivity contribution in [3.8, 4) is 0 Å². The van der Waals surface area contributed by atoms with Gasteiger partial charge in [-0.1, -0.05) is 6.92 Å². The van der Waals surface area contributed by atoms with Crippen LogP contribution >= 0.6 is 0 Å². The van der Waals surface area contributed by atoms with Crippen molar-refractivity contribution in [2.24, 2.45) is 5.92 Å². The lowest BCUT2D eigenvalue weighted by Gasteiger charge is -2.26. The Morgan fingerprint density at radius 3 is 2.62 bits per heavy atom. The molecule has 1 aliphatic rings. The highest BCUT2D eigenvalue weighted by Gasteiger charge is 2.36.